The molecule has 0 amide bonds. The average molecular weight is 311 g/mol. The summed E-state index contributed by atoms with van der Waals surface area (Å²) >= 11 is 5.58. The highest BCUT2D eigenvalue weighted by Gasteiger charge is 2.18. The first kappa shape index (κ1) is 15.9. The van der Waals surface area contributed by atoms with E-state index >= 15 is 0 Å². The first-order valence-electron chi connectivity index (χ1n) is 6.80. The lowest BCUT2D eigenvalue weighted by Crippen LogP contribution is -2.21. The van der Waals surface area contributed by atoms with E-state index in [0.717, 1.165) is 29.8 Å². The zero-order valence-corrected chi connectivity index (χ0v) is 12.7. The Labute approximate surface area is 128 Å². The van der Waals surface area contributed by atoms with Gasteiger partial charge in [-0.2, -0.15) is 0 Å². The highest BCUT2D eigenvalue weighted by atomic mass is 35.5. The summed E-state index contributed by atoms with van der Waals surface area (Å²) in [7, 11) is 1.71. The number of benzene rings is 1. The first-order chi connectivity index (χ1) is 10.0. The molecule has 0 saturated heterocycles. The van der Waals surface area contributed by atoms with Crippen molar-refractivity contribution in [2.24, 2.45) is 0 Å². The van der Waals surface area contributed by atoms with Crippen molar-refractivity contribution < 1.29 is 8.78 Å². The van der Waals surface area contributed by atoms with Gasteiger partial charge in [0.25, 0.3) is 0 Å². The summed E-state index contributed by atoms with van der Waals surface area (Å²) in [5.41, 5.74) is 2.21. The Kier molecular flexibility index (Phi) is 5.26. The highest BCUT2D eigenvalue weighted by molar-refractivity contribution is 6.30. The monoisotopic (exact) mass is 310 g/mol. The fraction of sp³-hybridized carbons (Fsp3) is 0.312. The SMILES string of the molecule is CCc1ccc(CC(NC)c2cc(F)c(Cl)cc2F)nc1. The Bertz CT molecular complexity index is 614. The minimum absolute atomic E-state index is 0.212. The van der Waals surface area contributed by atoms with Gasteiger partial charge in [-0.3, -0.25) is 4.98 Å². The quantitative estimate of drug-likeness (QED) is 0.842. The van der Waals surface area contributed by atoms with Crippen molar-refractivity contribution in [3.8, 4) is 0 Å². The van der Waals surface area contributed by atoms with Gasteiger partial charge in [-0.05, 0) is 37.2 Å². The van der Waals surface area contributed by atoms with Gasteiger partial charge in [-0.25, -0.2) is 8.78 Å². The van der Waals surface area contributed by atoms with Gasteiger partial charge in [-0.1, -0.05) is 24.6 Å². The van der Waals surface area contributed by atoms with Gasteiger partial charge < -0.3 is 5.32 Å². The lowest BCUT2D eigenvalue weighted by atomic mass is 10.0. The van der Waals surface area contributed by atoms with E-state index in [9.17, 15) is 8.78 Å². The Morgan fingerprint density at radius 2 is 2.00 bits per heavy atom. The summed E-state index contributed by atoms with van der Waals surface area (Å²) in [4.78, 5) is 4.35. The van der Waals surface area contributed by atoms with E-state index < -0.39 is 11.6 Å². The number of nitrogens with one attached hydrogen (secondary N) is 1. The molecule has 1 aromatic carbocycles. The molecule has 2 rings (SSSR count). The molecule has 21 heavy (non-hydrogen) atoms. The zero-order chi connectivity index (χ0) is 15.4. The Hall–Kier alpha value is -1.52. The maximum absolute atomic E-state index is 14.0. The van der Waals surface area contributed by atoms with Gasteiger partial charge in [-0.15, -0.1) is 0 Å². The molecule has 1 unspecified atom stereocenters. The van der Waals surface area contributed by atoms with E-state index in [1.807, 2.05) is 12.1 Å². The second-order valence-corrected chi connectivity index (χ2v) is 5.25. The molecule has 2 aromatic rings. The van der Waals surface area contributed by atoms with Crippen molar-refractivity contribution in [3.63, 3.8) is 0 Å². The smallest absolute Gasteiger partial charge is 0.142 e. The molecular weight excluding hydrogens is 294 g/mol. The lowest BCUT2D eigenvalue weighted by Gasteiger charge is -2.17. The summed E-state index contributed by atoms with van der Waals surface area (Å²) in [6, 6.07) is 5.68. The molecular formula is C16H17ClF2N2. The summed E-state index contributed by atoms with van der Waals surface area (Å²) in [5, 5.41) is 2.78. The van der Waals surface area contributed by atoms with Crippen LogP contribution in [0.3, 0.4) is 0 Å². The van der Waals surface area contributed by atoms with Crippen LogP contribution in [0.15, 0.2) is 30.5 Å². The second-order valence-electron chi connectivity index (χ2n) is 4.84. The summed E-state index contributed by atoms with van der Waals surface area (Å²) < 4.78 is 27.5. The van der Waals surface area contributed by atoms with Crippen LogP contribution >= 0.6 is 11.6 Å². The van der Waals surface area contributed by atoms with E-state index in [1.54, 1.807) is 13.2 Å². The van der Waals surface area contributed by atoms with E-state index in [1.165, 1.54) is 0 Å². The summed E-state index contributed by atoms with van der Waals surface area (Å²) in [6.07, 6.45) is 3.19. The molecule has 1 aromatic heterocycles. The minimum atomic E-state index is -0.623. The molecule has 112 valence electrons. The predicted octanol–water partition coefficient (Wildman–Crippen LogP) is 4.08. The molecule has 0 aliphatic rings. The predicted molar refractivity (Wildman–Crippen MR) is 80.5 cm³/mol. The third-order valence-corrected chi connectivity index (χ3v) is 3.76. The Morgan fingerprint density at radius 1 is 1.24 bits per heavy atom. The molecule has 0 aliphatic carbocycles. The fourth-order valence-electron chi connectivity index (χ4n) is 2.17. The van der Waals surface area contributed by atoms with Gasteiger partial charge in [0.2, 0.25) is 0 Å². The third kappa shape index (κ3) is 3.77. The van der Waals surface area contributed by atoms with Crippen LogP contribution in [0.25, 0.3) is 0 Å². The van der Waals surface area contributed by atoms with Crippen LogP contribution in [0, 0.1) is 11.6 Å². The number of pyridine rings is 1. The van der Waals surface area contributed by atoms with Crippen LogP contribution in [-0.2, 0) is 12.8 Å². The number of nitrogens with zero attached hydrogens (tertiary/aromatic N) is 1. The van der Waals surface area contributed by atoms with Crippen molar-refractivity contribution >= 4 is 11.6 Å². The topological polar surface area (TPSA) is 24.9 Å². The minimum Gasteiger partial charge on any atom is -0.313 e. The Balaban J connectivity index is 2.25. The highest BCUT2D eigenvalue weighted by Crippen LogP contribution is 2.25. The van der Waals surface area contributed by atoms with Crippen LogP contribution in [0.5, 0.6) is 0 Å². The first-order valence-corrected chi connectivity index (χ1v) is 7.18. The number of likely N-dealkylation sites (N-methyl/N-ethyl adjacent to an activating group) is 1. The lowest BCUT2D eigenvalue weighted by molar-refractivity contribution is 0.520. The number of rotatable bonds is 5. The molecule has 0 spiro atoms. The molecule has 0 radical (unpaired) electrons. The van der Waals surface area contributed by atoms with Crippen LogP contribution < -0.4 is 5.32 Å². The number of aromatic nitrogens is 1. The van der Waals surface area contributed by atoms with Crippen LogP contribution in [-0.4, -0.2) is 12.0 Å². The molecule has 1 atom stereocenters. The largest absolute Gasteiger partial charge is 0.313 e. The van der Waals surface area contributed by atoms with Crippen LogP contribution in [0.2, 0.25) is 5.02 Å². The van der Waals surface area contributed by atoms with Gasteiger partial charge in [0.1, 0.15) is 11.6 Å². The van der Waals surface area contributed by atoms with E-state index in [-0.39, 0.29) is 16.6 Å². The van der Waals surface area contributed by atoms with Crippen molar-refractivity contribution in [3.05, 3.63) is 63.9 Å². The summed E-state index contributed by atoms with van der Waals surface area (Å²) in [5.74, 6) is -1.14. The molecule has 1 heterocycles. The normalized spacial score (nSPS) is 12.4. The van der Waals surface area contributed by atoms with Crippen molar-refractivity contribution in [1.82, 2.24) is 10.3 Å². The average Bonchev–Trinajstić information content (AvgIpc) is 2.49. The third-order valence-electron chi connectivity index (χ3n) is 3.47. The number of halogens is 3. The fourth-order valence-corrected chi connectivity index (χ4v) is 2.32. The van der Waals surface area contributed by atoms with E-state index in [4.69, 9.17) is 11.6 Å². The number of hydrogen-bond acceptors (Lipinski definition) is 2. The van der Waals surface area contributed by atoms with Crippen LogP contribution in [0.4, 0.5) is 8.78 Å². The van der Waals surface area contributed by atoms with Crippen molar-refractivity contribution in [2.75, 3.05) is 7.05 Å². The zero-order valence-electron chi connectivity index (χ0n) is 12.0. The molecule has 0 fully saturated rings. The molecule has 5 heteroatoms. The number of hydrogen-bond donors (Lipinski definition) is 1. The second kappa shape index (κ2) is 6.96. The standard InChI is InChI=1S/C16H17ClF2N2/c1-3-10-4-5-11(21-9-10)6-16(20-2)12-7-15(19)13(17)8-14(12)18/h4-5,7-9,16,20H,3,6H2,1-2H3. The Morgan fingerprint density at radius 3 is 2.57 bits per heavy atom. The molecule has 1 N–H and O–H groups in total. The van der Waals surface area contributed by atoms with Crippen molar-refractivity contribution in [2.45, 2.75) is 25.8 Å². The van der Waals surface area contributed by atoms with Crippen LogP contribution in [0.1, 0.15) is 29.8 Å². The molecule has 0 bridgehead atoms. The molecule has 0 saturated carbocycles. The molecule has 2 nitrogen and oxygen atoms in total. The number of aryl methyl sites for hydroxylation is 1. The van der Waals surface area contributed by atoms with Gasteiger partial charge in [0.05, 0.1) is 5.02 Å². The summed E-state index contributed by atoms with van der Waals surface area (Å²) in [6.45, 7) is 2.05. The maximum Gasteiger partial charge on any atom is 0.142 e. The van der Waals surface area contributed by atoms with Gasteiger partial charge >= 0.3 is 0 Å². The van der Waals surface area contributed by atoms with Crippen molar-refractivity contribution in [1.29, 1.82) is 0 Å². The van der Waals surface area contributed by atoms with Gasteiger partial charge in [0.15, 0.2) is 0 Å². The molecule has 0 aliphatic heterocycles. The maximum atomic E-state index is 14.0. The van der Waals surface area contributed by atoms with Gasteiger partial charge in [0, 0.05) is 29.9 Å². The van der Waals surface area contributed by atoms with E-state index in [0.29, 0.717) is 6.42 Å². The van der Waals surface area contributed by atoms with E-state index in [2.05, 4.69) is 17.2 Å².